The number of nitrogen functional groups attached to an aromatic ring is 1. The van der Waals surface area contributed by atoms with Gasteiger partial charge in [-0.1, -0.05) is 30.3 Å². The van der Waals surface area contributed by atoms with Gasteiger partial charge in [-0.25, -0.2) is 4.39 Å². The number of methoxy groups -OCH3 is 1. The van der Waals surface area contributed by atoms with Crippen molar-refractivity contribution >= 4 is 29.0 Å². The molecule has 0 saturated carbocycles. The second kappa shape index (κ2) is 9.16. The summed E-state index contributed by atoms with van der Waals surface area (Å²) in [6, 6.07) is 13.4. The lowest BCUT2D eigenvalue weighted by atomic mass is 10.2. The van der Waals surface area contributed by atoms with Gasteiger partial charge in [0.1, 0.15) is 16.4 Å². The Bertz CT molecular complexity index is 1040. The van der Waals surface area contributed by atoms with Crippen molar-refractivity contribution in [3.8, 4) is 5.75 Å². The molecule has 0 saturated heterocycles. The molecule has 150 valence electrons. The van der Waals surface area contributed by atoms with Crippen LogP contribution in [0.1, 0.15) is 31.3 Å². The van der Waals surface area contributed by atoms with E-state index in [2.05, 4.69) is 15.0 Å². The lowest BCUT2D eigenvalue weighted by Crippen LogP contribution is -2.25. The zero-order valence-corrected chi connectivity index (χ0v) is 16.4. The van der Waals surface area contributed by atoms with Crippen LogP contribution in [0.5, 0.6) is 5.75 Å². The molecule has 0 aliphatic rings. The number of hydrogen-bond acceptors (Lipinski definition) is 6. The molecule has 29 heavy (non-hydrogen) atoms. The standard InChI is InChI=1S/C20H19FN4O3S/c1-28-14-7-4-5-12(9-14)10-23-19(26)17-16(22)18(29-25-17)20(27)24-11-13-6-2-3-8-15(13)21/h2-9H,10-11,22H2,1H3,(H,23,26)(H,24,27). The Kier molecular flexibility index (Phi) is 6.40. The Morgan fingerprint density at radius 2 is 1.86 bits per heavy atom. The van der Waals surface area contributed by atoms with Crippen molar-refractivity contribution in [1.29, 1.82) is 0 Å². The van der Waals surface area contributed by atoms with Gasteiger partial charge >= 0.3 is 0 Å². The number of amides is 2. The minimum absolute atomic E-state index is 0.000215. The highest BCUT2D eigenvalue weighted by molar-refractivity contribution is 7.09. The van der Waals surface area contributed by atoms with Crippen molar-refractivity contribution in [2.75, 3.05) is 12.8 Å². The minimum Gasteiger partial charge on any atom is -0.497 e. The van der Waals surface area contributed by atoms with E-state index in [0.717, 1.165) is 17.1 Å². The van der Waals surface area contributed by atoms with Crippen molar-refractivity contribution in [2.45, 2.75) is 13.1 Å². The molecule has 4 N–H and O–H groups in total. The van der Waals surface area contributed by atoms with Crippen LogP contribution in [0.3, 0.4) is 0 Å². The summed E-state index contributed by atoms with van der Waals surface area (Å²) < 4.78 is 22.8. The van der Waals surface area contributed by atoms with Crippen molar-refractivity contribution in [3.63, 3.8) is 0 Å². The fourth-order valence-corrected chi connectivity index (χ4v) is 3.28. The van der Waals surface area contributed by atoms with Crippen molar-refractivity contribution in [1.82, 2.24) is 15.0 Å². The van der Waals surface area contributed by atoms with Crippen LogP contribution in [-0.4, -0.2) is 23.3 Å². The van der Waals surface area contributed by atoms with Gasteiger partial charge in [-0.05, 0) is 35.3 Å². The van der Waals surface area contributed by atoms with E-state index < -0.39 is 17.6 Å². The Morgan fingerprint density at radius 3 is 2.62 bits per heavy atom. The lowest BCUT2D eigenvalue weighted by Gasteiger charge is -2.07. The number of carbonyl (C=O) groups is 2. The highest BCUT2D eigenvalue weighted by Gasteiger charge is 2.22. The molecule has 7 nitrogen and oxygen atoms in total. The summed E-state index contributed by atoms with van der Waals surface area (Å²) in [6.45, 7) is 0.252. The van der Waals surface area contributed by atoms with Crippen LogP contribution in [0.2, 0.25) is 0 Å². The lowest BCUT2D eigenvalue weighted by molar-refractivity contribution is 0.0946. The van der Waals surface area contributed by atoms with Gasteiger partial charge < -0.3 is 21.1 Å². The third-order valence-electron chi connectivity index (χ3n) is 4.13. The van der Waals surface area contributed by atoms with E-state index in [1.807, 2.05) is 12.1 Å². The molecule has 0 atom stereocenters. The number of nitrogens with one attached hydrogen (secondary N) is 2. The molecule has 2 aromatic carbocycles. The molecule has 0 spiro atoms. The predicted octanol–water partition coefficient (Wildman–Crippen LogP) is 2.73. The number of aromatic nitrogens is 1. The van der Waals surface area contributed by atoms with Gasteiger partial charge in [0.05, 0.1) is 12.8 Å². The first kappa shape index (κ1) is 20.3. The van der Waals surface area contributed by atoms with Crippen LogP contribution in [-0.2, 0) is 13.1 Å². The Hall–Kier alpha value is -3.46. The number of rotatable bonds is 7. The molecule has 0 radical (unpaired) electrons. The third kappa shape index (κ3) is 4.88. The molecule has 1 aromatic heterocycles. The summed E-state index contributed by atoms with van der Waals surface area (Å²) >= 11 is 0.818. The minimum atomic E-state index is -0.518. The number of nitrogens with zero attached hydrogens (tertiary/aromatic N) is 1. The van der Waals surface area contributed by atoms with E-state index in [9.17, 15) is 14.0 Å². The molecule has 3 rings (SSSR count). The second-order valence-electron chi connectivity index (χ2n) is 6.08. The molecular weight excluding hydrogens is 395 g/mol. The fourth-order valence-electron chi connectivity index (χ4n) is 2.57. The van der Waals surface area contributed by atoms with E-state index in [4.69, 9.17) is 10.5 Å². The third-order valence-corrected chi connectivity index (χ3v) is 5.00. The predicted molar refractivity (Wildman–Crippen MR) is 108 cm³/mol. The molecule has 3 aromatic rings. The van der Waals surface area contributed by atoms with E-state index in [-0.39, 0.29) is 29.3 Å². The summed E-state index contributed by atoms with van der Waals surface area (Å²) in [5.74, 6) is -0.744. The molecule has 0 bridgehead atoms. The maximum atomic E-state index is 13.7. The molecule has 0 unspecified atom stereocenters. The normalized spacial score (nSPS) is 10.4. The fraction of sp³-hybridized carbons (Fsp3) is 0.150. The average Bonchev–Trinajstić information content (AvgIpc) is 3.13. The second-order valence-corrected chi connectivity index (χ2v) is 6.86. The molecule has 9 heteroatoms. The zero-order chi connectivity index (χ0) is 20.8. The number of ether oxygens (including phenoxy) is 1. The number of benzene rings is 2. The van der Waals surface area contributed by atoms with Crippen LogP contribution in [0.15, 0.2) is 48.5 Å². The molecule has 0 aliphatic carbocycles. The summed E-state index contributed by atoms with van der Waals surface area (Å²) in [6.07, 6.45) is 0. The maximum Gasteiger partial charge on any atom is 0.273 e. The average molecular weight is 414 g/mol. The van der Waals surface area contributed by atoms with Gasteiger partial charge in [0, 0.05) is 18.7 Å². The summed E-state index contributed by atoms with van der Waals surface area (Å²) in [5.41, 5.74) is 7.11. The van der Waals surface area contributed by atoms with Gasteiger partial charge in [-0.15, -0.1) is 0 Å². The highest BCUT2D eigenvalue weighted by Crippen LogP contribution is 2.22. The summed E-state index contributed by atoms with van der Waals surface area (Å²) in [7, 11) is 1.56. The van der Waals surface area contributed by atoms with E-state index >= 15 is 0 Å². The Labute approximate surface area is 170 Å². The largest absolute Gasteiger partial charge is 0.497 e. The van der Waals surface area contributed by atoms with E-state index in [1.54, 1.807) is 37.4 Å². The Morgan fingerprint density at radius 1 is 1.10 bits per heavy atom. The highest BCUT2D eigenvalue weighted by atomic mass is 32.1. The molecule has 1 heterocycles. The summed E-state index contributed by atoms with van der Waals surface area (Å²) in [4.78, 5) is 24.8. The monoisotopic (exact) mass is 414 g/mol. The Balaban J connectivity index is 1.62. The number of nitrogens with two attached hydrogens (primary N) is 1. The number of carbonyl (C=O) groups excluding carboxylic acids is 2. The van der Waals surface area contributed by atoms with Crippen molar-refractivity contribution < 1.29 is 18.7 Å². The number of anilines is 1. The van der Waals surface area contributed by atoms with Gasteiger partial charge in [0.2, 0.25) is 0 Å². The zero-order valence-electron chi connectivity index (χ0n) is 15.6. The van der Waals surface area contributed by atoms with Gasteiger partial charge in [-0.3, -0.25) is 9.59 Å². The van der Waals surface area contributed by atoms with Crippen LogP contribution >= 0.6 is 11.5 Å². The van der Waals surface area contributed by atoms with Crippen LogP contribution in [0.4, 0.5) is 10.1 Å². The van der Waals surface area contributed by atoms with E-state index in [1.165, 1.54) is 6.07 Å². The van der Waals surface area contributed by atoms with Gasteiger partial charge in [-0.2, -0.15) is 4.37 Å². The van der Waals surface area contributed by atoms with E-state index in [0.29, 0.717) is 11.3 Å². The SMILES string of the molecule is COc1cccc(CNC(=O)c2nsc(C(=O)NCc3ccccc3F)c2N)c1. The first-order chi connectivity index (χ1) is 14.0. The van der Waals surface area contributed by atoms with Crippen molar-refractivity contribution in [3.05, 3.63) is 76.0 Å². The van der Waals surface area contributed by atoms with Crippen LogP contribution < -0.4 is 21.1 Å². The summed E-state index contributed by atoms with van der Waals surface area (Å²) in [5, 5.41) is 5.30. The topological polar surface area (TPSA) is 106 Å². The smallest absolute Gasteiger partial charge is 0.273 e. The molecule has 2 amide bonds. The first-order valence-electron chi connectivity index (χ1n) is 8.67. The molecule has 0 aliphatic heterocycles. The van der Waals surface area contributed by atoms with Crippen LogP contribution in [0.25, 0.3) is 0 Å². The van der Waals surface area contributed by atoms with Gasteiger partial charge in [0.15, 0.2) is 5.69 Å². The maximum absolute atomic E-state index is 13.7. The quantitative estimate of drug-likeness (QED) is 0.551. The molecular formula is C20H19FN4O3S. The van der Waals surface area contributed by atoms with Gasteiger partial charge in [0.25, 0.3) is 11.8 Å². The number of halogens is 1. The first-order valence-corrected chi connectivity index (χ1v) is 9.44. The number of hydrogen-bond donors (Lipinski definition) is 3. The molecule has 0 fully saturated rings. The van der Waals surface area contributed by atoms with Crippen molar-refractivity contribution in [2.24, 2.45) is 0 Å². The van der Waals surface area contributed by atoms with Crippen LogP contribution in [0, 0.1) is 5.82 Å².